The summed E-state index contributed by atoms with van der Waals surface area (Å²) in [7, 11) is 1.66. The molecule has 2 aromatic heterocycles. The number of nitrogens with two attached hydrogens (primary N) is 2. The molecule has 0 saturated carbocycles. The van der Waals surface area contributed by atoms with E-state index in [2.05, 4.69) is 10.2 Å². The summed E-state index contributed by atoms with van der Waals surface area (Å²) in [5, 5.41) is 8.72. The number of carbonyl (C=O) groups excluding carboxylic acids is 2. The van der Waals surface area contributed by atoms with Crippen molar-refractivity contribution >= 4 is 23.3 Å². The highest BCUT2D eigenvalue weighted by Crippen LogP contribution is 2.34. The van der Waals surface area contributed by atoms with Crippen LogP contribution in [0.25, 0.3) is 11.3 Å². The van der Waals surface area contributed by atoms with E-state index >= 15 is 0 Å². The summed E-state index contributed by atoms with van der Waals surface area (Å²) in [6, 6.07) is 7.61. The van der Waals surface area contributed by atoms with Crippen molar-refractivity contribution in [3.63, 3.8) is 0 Å². The number of aryl methyl sites for hydroxylation is 3. The molecule has 3 aromatic rings. The van der Waals surface area contributed by atoms with E-state index in [1.165, 1.54) is 4.68 Å². The maximum absolute atomic E-state index is 12.9. The van der Waals surface area contributed by atoms with Gasteiger partial charge in [0.15, 0.2) is 0 Å². The zero-order valence-electron chi connectivity index (χ0n) is 16.6. The van der Waals surface area contributed by atoms with Gasteiger partial charge in [-0.15, -0.1) is 0 Å². The molecule has 1 aliphatic heterocycles. The molecule has 0 spiro atoms. The number of aromatic nitrogens is 4. The molecule has 29 heavy (non-hydrogen) atoms. The Morgan fingerprint density at radius 1 is 1.17 bits per heavy atom. The first kappa shape index (κ1) is 18.7. The normalized spacial score (nSPS) is 13.0. The van der Waals surface area contributed by atoms with Crippen LogP contribution in [0.3, 0.4) is 0 Å². The van der Waals surface area contributed by atoms with E-state index in [-0.39, 0.29) is 23.8 Å². The van der Waals surface area contributed by atoms with Crippen LogP contribution in [0.4, 0.5) is 11.5 Å². The van der Waals surface area contributed by atoms with Gasteiger partial charge in [0.2, 0.25) is 5.91 Å². The molecule has 0 atom stereocenters. The van der Waals surface area contributed by atoms with Gasteiger partial charge >= 0.3 is 0 Å². The van der Waals surface area contributed by atoms with Crippen molar-refractivity contribution in [1.82, 2.24) is 19.6 Å². The minimum Gasteiger partial charge on any atom is -0.383 e. The predicted molar refractivity (Wildman–Crippen MR) is 109 cm³/mol. The summed E-state index contributed by atoms with van der Waals surface area (Å²) in [6.07, 6.45) is 0.722. The minimum absolute atomic E-state index is 0.0115. The number of amides is 2. The lowest BCUT2D eigenvalue weighted by atomic mass is 10.0. The van der Waals surface area contributed by atoms with Crippen molar-refractivity contribution in [2.75, 3.05) is 17.2 Å². The Hall–Kier alpha value is -3.62. The molecule has 1 aliphatic rings. The number of nitrogen functional groups attached to an aromatic ring is 1. The average Bonchev–Trinajstić information content (AvgIpc) is 3.30. The van der Waals surface area contributed by atoms with Crippen molar-refractivity contribution < 1.29 is 9.59 Å². The molecule has 0 saturated heterocycles. The second-order valence-electron chi connectivity index (χ2n) is 7.32. The number of nitrogens with zero attached hydrogens (tertiary/aromatic N) is 5. The number of rotatable bonds is 4. The summed E-state index contributed by atoms with van der Waals surface area (Å²) in [5.74, 6) is -0.398. The van der Waals surface area contributed by atoms with Crippen LogP contribution in [0, 0.1) is 13.8 Å². The van der Waals surface area contributed by atoms with Crippen molar-refractivity contribution in [2.24, 2.45) is 12.8 Å². The second-order valence-corrected chi connectivity index (χ2v) is 7.32. The van der Waals surface area contributed by atoms with Crippen LogP contribution in [0.15, 0.2) is 24.3 Å². The third-order valence-electron chi connectivity index (χ3n) is 5.28. The number of anilines is 2. The molecule has 0 radical (unpaired) electrons. The molecule has 0 aliphatic carbocycles. The van der Waals surface area contributed by atoms with Crippen molar-refractivity contribution in [2.45, 2.75) is 26.8 Å². The zero-order chi connectivity index (χ0) is 20.9. The lowest BCUT2D eigenvalue weighted by Gasteiger charge is -2.18. The monoisotopic (exact) mass is 393 g/mol. The summed E-state index contributed by atoms with van der Waals surface area (Å²) in [4.78, 5) is 26.5. The van der Waals surface area contributed by atoms with Crippen LogP contribution in [-0.2, 0) is 24.8 Å². The van der Waals surface area contributed by atoms with E-state index in [4.69, 9.17) is 11.5 Å². The third-order valence-corrected chi connectivity index (χ3v) is 5.28. The van der Waals surface area contributed by atoms with E-state index in [0.29, 0.717) is 12.2 Å². The predicted octanol–water partition coefficient (Wildman–Crippen LogP) is 1.17. The van der Waals surface area contributed by atoms with Gasteiger partial charge < -0.3 is 16.4 Å². The molecule has 4 N–H and O–H groups in total. The molecule has 2 amide bonds. The van der Waals surface area contributed by atoms with Gasteiger partial charge in [0.25, 0.3) is 5.91 Å². The molecule has 150 valence electrons. The van der Waals surface area contributed by atoms with Crippen molar-refractivity contribution in [3.05, 3.63) is 46.8 Å². The third kappa shape index (κ3) is 3.14. The second kappa shape index (κ2) is 6.77. The van der Waals surface area contributed by atoms with E-state index in [0.717, 1.165) is 34.6 Å². The van der Waals surface area contributed by atoms with E-state index < -0.39 is 5.91 Å². The maximum Gasteiger partial charge on any atom is 0.254 e. The van der Waals surface area contributed by atoms with Gasteiger partial charge in [-0.25, -0.2) is 0 Å². The van der Waals surface area contributed by atoms with Crippen molar-refractivity contribution in [3.8, 4) is 11.3 Å². The summed E-state index contributed by atoms with van der Waals surface area (Å²) in [5.41, 5.74) is 16.6. The van der Waals surface area contributed by atoms with Gasteiger partial charge in [-0.05, 0) is 44.0 Å². The lowest BCUT2D eigenvalue weighted by molar-refractivity contribution is -0.119. The SMILES string of the molecule is Cc1cc(C)n(CC(=O)N2CCc3cc(-c4nn(C)c(N)c4C(N)=O)ccc32)n1. The molecule has 0 fully saturated rings. The maximum atomic E-state index is 12.9. The number of fused-ring (bicyclic) bond motifs is 1. The minimum atomic E-state index is -0.618. The molecule has 3 heterocycles. The topological polar surface area (TPSA) is 125 Å². The largest absolute Gasteiger partial charge is 0.383 e. The van der Waals surface area contributed by atoms with Crippen LogP contribution in [0.1, 0.15) is 27.3 Å². The molecule has 9 nitrogen and oxygen atoms in total. The van der Waals surface area contributed by atoms with Gasteiger partial charge in [-0.1, -0.05) is 6.07 Å². The molecule has 0 unspecified atom stereocenters. The molecule has 1 aromatic carbocycles. The van der Waals surface area contributed by atoms with E-state index in [1.54, 1.807) is 16.6 Å². The van der Waals surface area contributed by atoms with Crippen LogP contribution >= 0.6 is 0 Å². The molecule has 9 heteroatoms. The Kier molecular flexibility index (Phi) is 4.37. The fourth-order valence-electron chi connectivity index (χ4n) is 3.84. The first-order valence-electron chi connectivity index (χ1n) is 9.33. The highest BCUT2D eigenvalue weighted by Gasteiger charge is 2.27. The van der Waals surface area contributed by atoms with Gasteiger partial charge in [0.1, 0.15) is 23.6 Å². The number of hydrogen-bond donors (Lipinski definition) is 2. The molecular weight excluding hydrogens is 370 g/mol. The number of carbonyl (C=O) groups is 2. The highest BCUT2D eigenvalue weighted by molar-refractivity contribution is 6.03. The number of primary amides is 1. The Morgan fingerprint density at radius 3 is 2.59 bits per heavy atom. The summed E-state index contributed by atoms with van der Waals surface area (Å²) in [6.45, 7) is 4.64. The quantitative estimate of drug-likeness (QED) is 0.688. The van der Waals surface area contributed by atoms with E-state index in [9.17, 15) is 9.59 Å². The zero-order valence-corrected chi connectivity index (χ0v) is 16.6. The van der Waals surface area contributed by atoms with Gasteiger partial charge in [0, 0.05) is 30.5 Å². The Bertz CT molecular complexity index is 1140. The fourth-order valence-corrected chi connectivity index (χ4v) is 3.84. The standard InChI is InChI=1S/C20H23N7O2/c1-11-8-12(2)27(23-11)10-16(28)26-7-6-13-9-14(4-5-15(13)26)18-17(20(22)29)19(21)25(3)24-18/h4-5,8-9H,6-7,10,21H2,1-3H3,(H2,22,29). The van der Waals surface area contributed by atoms with Crippen molar-refractivity contribution in [1.29, 1.82) is 0 Å². The average molecular weight is 393 g/mol. The number of hydrogen-bond acceptors (Lipinski definition) is 5. The van der Waals surface area contributed by atoms with Crippen LogP contribution in [0.2, 0.25) is 0 Å². The smallest absolute Gasteiger partial charge is 0.254 e. The summed E-state index contributed by atoms with van der Waals surface area (Å²) < 4.78 is 3.16. The van der Waals surface area contributed by atoms with E-state index in [1.807, 2.05) is 38.1 Å². The molecular formula is C20H23N7O2. The van der Waals surface area contributed by atoms with Crippen LogP contribution in [-0.4, -0.2) is 37.9 Å². The number of benzene rings is 1. The van der Waals surface area contributed by atoms with Crippen LogP contribution in [0.5, 0.6) is 0 Å². The molecule has 4 rings (SSSR count). The Balaban J connectivity index is 1.63. The Labute approximate surface area is 167 Å². The first-order valence-corrected chi connectivity index (χ1v) is 9.33. The lowest BCUT2D eigenvalue weighted by Crippen LogP contribution is -2.32. The highest BCUT2D eigenvalue weighted by atomic mass is 16.2. The first-order chi connectivity index (χ1) is 13.8. The van der Waals surface area contributed by atoms with Gasteiger partial charge in [-0.3, -0.25) is 19.0 Å². The fraction of sp³-hybridized carbons (Fsp3) is 0.300. The van der Waals surface area contributed by atoms with Gasteiger partial charge in [-0.2, -0.15) is 10.2 Å². The van der Waals surface area contributed by atoms with Gasteiger partial charge in [0.05, 0.1) is 5.69 Å². The molecule has 0 bridgehead atoms. The summed E-state index contributed by atoms with van der Waals surface area (Å²) >= 11 is 0. The van der Waals surface area contributed by atoms with Crippen LogP contribution < -0.4 is 16.4 Å². The Morgan fingerprint density at radius 2 is 1.93 bits per heavy atom.